The number of anilines is 1. The van der Waals surface area contributed by atoms with Gasteiger partial charge in [0.2, 0.25) is 10.0 Å². The summed E-state index contributed by atoms with van der Waals surface area (Å²) in [6.45, 7) is 5.00. The number of ether oxygens (including phenoxy) is 2. The molecule has 2 aromatic rings. The second-order valence-electron chi connectivity index (χ2n) is 6.32. The molecule has 0 spiro atoms. The lowest BCUT2D eigenvalue weighted by Crippen LogP contribution is -2.31. The van der Waals surface area contributed by atoms with E-state index in [0.717, 1.165) is 0 Å². The average Bonchev–Trinajstić information content (AvgIpc) is 2.62. The Balaban J connectivity index is 2.22. The number of carbonyl (C=O) groups is 1. The Hall–Kier alpha value is -2.29. The number of halogens is 1. The van der Waals surface area contributed by atoms with E-state index in [1.807, 2.05) is 0 Å². The molecule has 0 aromatic heterocycles. The zero-order valence-electron chi connectivity index (χ0n) is 16.0. The van der Waals surface area contributed by atoms with Crippen LogP contribution in [0.3, 0.4) is 0 Å². The molecule has 0 radical (unpaired) electrons. The standard InChI is InChI=1S/C19H23ClN2O5S/c1-12(2)22-28(24,25)14-9-10-18(26-4)16(11-14)21-19(23)13(3)27-17-8-6-5-7-15(17)20/h5-13,22H,1-4H3,(H,21,23)/t13-/m0/s1. The molecule has 1 amide bonds. The van der Waals surface area contributed by atoms with E-state index in [1.54, 1.807) is 45.0 Å². The van der Waals surface area contributed by atoms with Gasteiger partial charge < -0.3 is 14.8 Å². The van der Waals surface area contributed by atoms with Gasteiger partial charge in [-0.2, -0.15) is 0 Å². The van der Waals surface area contributed by atoms with Crippen molar-refractivity contribution in [3.8, 4) is 11.5 Å². The highest BCUT2D eigenvalue weighted by molar-refractivity contribution is 7.89. The van der Waals surface area contributed by atoms with E-state index in [-0.39, 0.29) is 16.6 Å². The molecule has 28 heavy (non-hydrogen) atoms. The number of hydrogen-bond donors (Lipinski definition) is 2. The van der Waals surface area contributed by atoms with Crippen molar-refractivity contribution in [2.75, 3.05) is 12.4 Å². The summed E-state index contributed by atoms with van der Waals surface area (Å²) in [6.07, 6.45) is -0.876. The number of methoxy groups -OCH3 is 1. The summed E-state index contributed by atoms with van der Waals surface area (Å²) in [5.74, 6) is 0.211. The van der Waals surface area contributed by atoms with Gasteiger partial charge in [-0.15, -0.1) is 0 Å². The van der Waals surface area contributed by atoms with Gasteiger partial charge in [-0.1, -0.05) is 23.7 Å². The van der Waals surface area contributed by atoms with Gasteiger partial charge in [0.1, 0.15) is 11.5 Å². The molecule has 0 saturated carbocycles. The third-order valence-corrected chi connectivity index (χ3v) is 5.61. The van der Waals surface area contributed by atoms with Crippen LogP contribution in [-0.4, -0.2) is 33.6 Å². The molecule has 2 rings (SSSR count). The van der Waals surface area contributed by atoms with E-state index in [9.17, 15) is 13.2 Å². The first-order chi connectivity index (χ1) is 13.1. The van der Waals surface area contributed by atoms with Gasteiger partial charge >= 0.3 is 0 Å². The number of rotatable bonds is 8. The number of sulfonamides is 1. The first kappa shape index (κ1) is 22.0. The van der Waals surface area contributed by atoms with Crippen LogP contribution in [0.4, 0.5) is 5.69 Å². The van der Waals surface area contributed by atoms with Gasteiger partial charge in [-0.3, -0.25) is 4.79 Å². The van der Waals surface area contributed by atoms with Gasteiger partial charge in [-0.25, -0.2) is 13.1 Å². The van der Waals surface area contributed by atoms with Crippen molar-refractivity contribution in [2.24, 2.45) is 0 Å². The van der Waals surface area contributed by atoms with Crippen LogP contribution >= 0.6 is 11.6 Å². The first-order valence-corrected chi connectivity index (χ1v) is 10.4. The van der Waals surface area contributed by atoms with Crippen LogP contribution in [0.1, 0.15) is 20.8 Å². The number of carbonyl (C=O) groups excluding carboxylic acids is 1. The van der Waals surface area contributed by atoms with Crippen molar-refractivity contribution in [1.82, 2.24) is 4.72 Å². The molecular formula is C19H23ClN2O5S. The van der Waals surface area contributed by atoms with Gasteiger partial charge in [-0.05, 0) is 51.1 Å². The maximum Gasteiger partial charge on any atom is 0.265 e. The van der Waals surface area contributed by atoms with Crippen molar-refractivity contribution in [1.29, 1.82) is 0 Å². The van der Waals surface area contributed by atoms with Crippen molar-refractivity contribution < 1.29 is 22.7 Å². The van der Waals surface area contributed by atoms with Crippen LogP contribution in [0.5, 0.6) is 11.5 Å². The predicted molar refractivity (Wildman–Crippen MR) is 109 cm³/mol. The van der Waals surface area contributed by atoms with Crippen molar-refractivity contribution >= 4 is 33.2 Å². The van der Waals surface area contributed by atoms with E-state index in [4.69, 9.17) is 21.1 Å². The van der Waals surface area contributed by atoms with E-state index in [0.29, 0.717) is 16.5 Å². The Kier molecular flexibility index (Phi) is 7.29. The normalized spacial score (nSPS) is 12.5. The van der Waals surface area contributed by atoms with E-state index in [1.165, 1.54) is 25.3 Å². The van der Waals surface area contributed by atoms with Gasteiger partial charge in [0.15, 0.2) is 6.10 Å². The molecule has 7 nitrogen and oxygen atoms in total. The largest absolute Gasteiger partial charge is 0.495 e. The topological polar surface area (TPSA) is 93.7 Å². The number of nitrogens with one attached hydrogen (secondary N) is 2. The monoisotopic (exact) mass is 426 g/mol. The maximum absolute atomic E-state index is 12.5. The molecule has 0 unspecified atom stereocenters. The quantitative estimate of drug-likeness (QED) is 0.674. The third kappa shape index (κ3) is 5.60. The van der Waals surface area contributed by atoms with Gasteiger partial charge in [0, 0.05) is 6.04 Å². The number of amides is 1. The summed E-state index contributed by atoms with van der Waals surface area (Å²) in [4.78, 5) is 12.5. The lowest BCUT2D eigenvalue weighted by Gasteiger charge is -2.18. The molecule has 0 fully saturated rings. The SMILES string of the molecule is COc1ccc(S(=O)(=O)NC(C)C)cc1NC(=O)[C@H](C)Oc1ccccc1Cl. The molecule has 0 heterocycles. The highest BCUT2D eigenvalue weighted by Crippen LogP contribution is 2.29. The minimum Gasteiger partial charge on any atom is -0.495 e. The summed E-state index contributed by atoms with van der Waals surface area (Å²) in [5, 5.41) is 3.02. The fraction of sp³-hybridized carbons (Fsp3) is 0.316. The Labute approximate surface area is 170 Å². The molecule has 0 bridgehead atoms. The molecule has 2 N–H and O–H groups in total. The lowest BCUT2D eigenvalue weighted by molar-refractivity contribution is -0.122. The zero-order valence-corrected chi connectivity index (χ0v) is 17.6. The van der Waals surface area contributed by atoms with E-state index < -0.39 is 22.0 Å². The van der Waals surface area contributed by atoms with Gasteiger partial charge in [0.05, 0.1) is 22.7 Å². The smallest absolute Gasteiger partial charge is 0.265 e. The fourth-order valence-corrected chi connectivity index (χ4v) is 3.81. The van der Waals surface area contributed by atoms with Crippen LogP contribution in [-0.2, 0) is 14.8 Å². The van der Waals surface area contributed by atoms with Crippen LogP contribution in [0.25, 0.3) is 0 Å². The predicted octanol–water partition coefficient (Wildman–Crippen LogP) is 3.44. The van der Waals surface area contributed by atoms with E-state index >= 15 is 0 Å². The Morgan fingerprint density at radius 1 is 1.07 bits per heavy atom. The van der Waals surface area contributed by atoms with Crippen LogP contribution < -0.4 is 19.5 Å². The molecule has 0 aliphatic rings. The van der Waals surface area contributed by atoms with Crippen LogP contribution in [0, 0.1) is 0 Å². The molecule has 0 aliphatic heterocycles. The van der Waals surface area contributed by atoms with Crippen molar-refractivity contribution in [3.05, 3.63) is 47.5 Å². The van der Waals surface area contributed by atoms with Crippen LogP contribution in [0.2, 0.25) is 5.02 Å². The van der Waals surface area contributed by atoms with E-state index in [2.05, 4.69) is 10.0 Å². The highest BCUT2D eigenvalue weighted by atomic mass is 35.5. The fourth-order valence-electron chi connectivity index (χ4n) is 2.35. The second-order valence-corrected chi connectivity index (χ2v) is 8.44. The molecule has 9 heteroatoms. The third-order valence-electron chi connectivity index (χ3n) is 3.64. The molecule has 2 aromatic carbocycles. The minimum atomic E-state index is -3.72. The highest BCUT2D eigenvalue weighted by Gasteiger charge is 2.21. The molecular weight excluding hydrogens is 404 g/mol. The summed E-state index contributed by atoms with van der Waals surface area (Å²) >= 11 is 6.04. The molecule has 0 saturated heterocycles. The minimum absolute atomic E-state index is 0.0111. The Morgan fingerprint density at radius 3 is 2.36 bits per heavy atom. The summed E-state index contributed by atoms with van der Waals surface area (Å²) in [7, 11) is -2.30. The summed E-state index contributed by atoms with van der Waals surface area (Å²) in [6, 6.07) is 10.7. The van der Waals surface area contributed by atoms with Crippen molar-refractivity contribution in [2.45, 2.75) is 37.8 Å². The maximum atomic E-state index is 12.5. The average molecular weight is 427 g/mol. The second kappa shape index (κ2) is 9.27. The summed E-state index contributed by atoms with van der Waals surface area (Å²) < 4.78 is 38.1. The number of benzene rings is 2. The molecule has 1 atom stereocenters. The molecule has 152 valence electrons. The number of hydrogen-bond acceptors (Lipinski definition) is 5. The molecule has 0 aliphatic carbocycles. The Morgan fingerprint density at radius 2 is 1.75 bits per heavy atom. The Bertz CT molecular complexity index is 947. The van der Waals surface area contributed by atoms with Crippen molar-refractivity contribution in [3.63, 3.8) is 0 Å². The van der Waals surface area contributed by atoms with Gasteiger partial charge in [0.25, 0.3) is 5.91 Å². The zero-order chi connectivity index (χ0) is 20.9. The lowest BCUT2D eigenvalue weighted by atomic mass is 10.2. The summed E-state index contributed by atoms with van der Waals surface area (Å²) in [5.41, 5.74) is 0.216. The van der Waals surface area contributed by atoms with Crippen LogP contribution in [0.15, 0.2) is 47.4 Å². The first-order valence-electron chi connectivity index (χ1n) is 8.56. The number of para-hydroxylation sites is 1.